The molecule has 5 heterocycles. The van der Waals surface area contributed by atoms with Gasteiger partial charge in [-0.15, -0.1) is 0 Å². The minimum Gasteiger partial charge on any atom is -0.307 e. The summed E-state index contributed by atoms with van der Waals surface area (Å²) in [6.07, 6.45) is 0. The molecule has 0 N–H and O–H groups in total. The number of para-hydroxylation sites is 4. The van der Waals surface area contributed by atoms with Crippen LogP contribution in [-0.2, 0) is 0 Å². The first kappa shape index (κ1) is 28.7. The van der Waals surface area contributed by atoms with Gasteiger partial charge in [-0.25, -0.2) is 0 Å². The Kier molecular flexibility index (Phi) is 5.51. The molecule has 0 aliphatic heterocycles. The molecule has 13 aromatic rings. The molecule has 0 unspecified atom stereocenters. The number of pyridine rings is 1. The molecular formula is C50H29N3S. The molecular weight excluding hydrogens is 675 g/mol. The number of aromatic nitrogens is 3. The highest BCUT2D eigenvalue weighted by Gasteiger charge is 2.25. The number of hydrogen-bond donors (Lipinski definition) is 0. The zero-order valence-corrected chi connectivity index (χ0v) is 29.8. The summed E-state index contributed by atoms with van der Waals surface area (Å²) in [4.78, 5) is 1.27. The molecule has 8 aromatic carbocycles. The summed E-state index contributed by atoms with van der Waals surface area (Å²) in [6, 6.07) is 64.9. The minimum absolute atomic E-state index is 1.16. The second-order valence-corrected chi connectivity index (χ2v) is 15.5. The van der Waals surface area contributed by atoms with Crippen LogP contribution in [0.15, 0.2) is 176 Å². The fourth-order valence-corrected chi connectivity index (χ4v) is 10.8. The monoisotopic (exact) mass is 703 g/mol. The van der Waals surface area contributed by atoms with E-state index in [0.717, 1.165) is 5.69 Å². The zero-order valence-electron chi connectivity index (χ0n) is 29.0. The van der Waals surface area contributed by atoms with Gasteiger partial charge in [-0.1, -0.05) is 145 Å². The summed E-state index contributed by atoms with van der Waals surface area (Å²) in [5.74, 6) is 0. The van der Waals surface area contributed by atoms with Crippen molar-refractivity contribution in [3.05, 3.63) is 176 Å². The van der Waals surface area contributed by atoms with Gasteiger partial charge in [0.05, 0.1) is 33.1 Å². The van der Waals surface area contributed by atoms with Gasteiger partial charge in [-0.05, 0) is 64.4 Å². The Balaban J connectivity index is 1.24. The van der Waals surface area contributed by atoms with E-state index in [2.05, 4.69) is 189 Å². The number of benzene rings is 8. The lowest BCUT2D eigenvalue weighted by molar-refractivity contribution is 1.16. The van der Waals surface area contributed by atoms with E-state index >= 15 is 0 Å². The van der Waals surface area contributed by atoms with E-state index in [1.165, 1.54) is 108 Å². The molecule has 13 rings (SSSR count). The zero-order chi connectivity index (χ0) is 35.1. The fourth-order valence-electron chi connectivity index (χ4n) is 9.63. The van der Waals surface area contributed by atoms with Crippen molar-refractivity contribution in [2.24, 2.45) is 0 Å². The SMILES string of the molecule is c1ccc(-c2cc3cccc4c5cc(-n6c7ccccc7c7ccc8c9ccccc9n(-c9ccccc9)c8c76)sc5n5c6ccccc6c2c5c34)cc1. The maximum atomic E-state index is 2.57. The van der Waals surface area contributed by atoms with Crippen LogP contribution in [0.25, 0.3) is 114 Å². The average Bonchev–Trinajstić information content (AvgIpc) is 3.99. The first-order valence-electron chi connectivity index (χ1n) is 18.5. The van der Waals surface area contributed by atoms with Crippen LogP contribution in [0.3, 0.4) is 0 Å². The van der Waals surface area contributed by atoms with Crippen molar-refractivity contribution in [2.45, 2.75) is 0 Å². The van der Waals surface area contributed by atoms with Crippen LogP contribution in [-0.4, -0.2) is 13.5 Å². The lowest BCUT2D eigenvalue weighted by atomic mass is 9.93. The number of rotatable bonds is 3. The maximum absolute atomic E-state index is 2.57. The highest BCUT2D eigenvalue weighted by atomic mass is 32.1. The number of hydrogen-bond acceptors (Lipinski definition) is 1. The van der Waals surface area contributed by atoms with Gasteiger partial charge < -0.3 is 4.57 Å². The van der Waals surface area contributed by atoms with E-state index in [1.807, 2.05) is 11.3 Å². The fraction of sp³-hybridized carbons (Fsp3) is 0. The lowest BCUT2D eigenvalue weighted by Crippen LogP contribution is -1.97. The maximum Gasteiger partial charge on any atom is 0.110 e. The third-order valence-corrected chi connectivity index (χ3v) is 12.9. The van der Waals surface area contributed by atoms with E-state index in [-0.39, 0.29) is 0 Å². The molecule has 0 saturated carbocycles. The Bertz CT molecular complexity index is 3650. The predicted molar refractivity (Wildman–Crippen MR) is 231 cm³/mol. The first-order valence-corrected chi connectivity index (χ1v) is 19.4. The van der Waals surface area contributed by atoms with E-state index in [1.54, 1.807) is 0 Å². The largest absolute Gasteiger partial charge is 0.307 e. The van der Waals surface area contributed by atoms with Gasteiger partial charge in [0.2, 0.25) is 0 Å². The Morgan fingerprint density at radius 2 is 0.963 bits per heavy atom. The summed E-state index contributed by atoms with van der Waals surface area (Å²) < 4.78 is 7.60. The standard InChI is InChI=1S/C50H29N3S/c1-3-14-30(15-4-1)39-28-31-16-13-22-35-40-29-44(54-50(40)53-43-25-12-9-21-38(43)46(39)49(53)45(31)35)52-42-24-11-8-20-34(42)37-27-26-36-33-19-7-10-23-41(33)51(47(36)48(37)52)32-17-5-2-6-18-32/h1-29H. The molecule has 0 spiro atoms. The number of nitrogens with zero attached hydrogens (tertiary/aromatic N) is 3. The van der Waals surface area contributed by atoms with Gasteiger partial charge in [-0.3, -0.25) is 8.97 Å². The topological polar surface area (TPSA) is 14.3 Å². The van der Waals surface area contributed by atoms with Gasteiger partial charge in [0.15, 0.2) is 0 Å². The van der Waals surface area contributed by atoms with Crippen molar-refractivity contribution < 1.29 is 0 Å². The second-order valence-electron chi connectivity index (χ2n) is 14.5. The van der Waals surface area contributed by atoms with Crippen LogP contribution in [0, 0.1) is 0 Å². The van der Waals surface area contributed by atoms with E-state index in [9.17, 15) is 0 Å². The molecule has 0 aliphatic carbocycles. The van der Waals surface area contributed by atoms with Crippen molar-refractivity contribution in [1.82, 2.24) is 13.5 Å². The van der Waals surface area contributed by atoms with Gasteiger partial charge in [-0.2, -0.15) is 0 Å². The molecule has 0 fully saturated rings. The minimum atomic E-state index is 1.16. The molecule has 3 nitrogen and oxygen atoms in total. The van der Waals surface area contributed by atoms with Crippen LogP contribution >= 0.6 is 11.3 Å². The van der Waals surface area contributed by atoms with Crippen LogP contribution in [0.5, 0.6) is 0 Å². The van der Waals surface area contributed by atoms with Crippen molar-refractivity contribution >= 4 is 103 Å². The Morgan fingerprint density at radius 3 is 1.70 bits per heavy atom. The van der Waals surface area contributed by atoms with Gasteiger partial charge >= 0.3 is 0 Å². The molecule has 250 valence electrons. The van der Waals surface area contributed by atoms with Gasteiger partial charge in [0, 0.05) is 48.8 Å². The van der Waals surface area contributed by atoms with Crippen LogP contribution < -0.4 is 0 Å². The van der Waals surface area contributed by atoms with E-state index < -0.39 is 0 Å². The third kappa shape index (κ3) is 3.56. The Labute approximate surface area is 313 Å². The smallest absolute Gasteiger partial charge is 0.110 e. The third-order valence-electron chi connectivity index (χ3n) is 11.8. The molecule has 0 aliphatic rings. The molecule has 4 heteroatoms. The van der Waals surface area contributed by atoms with Gasteiger partial charge in [0.25, 0.3) is 0 Å². The summed E-state index contributed by atoms with van der Waals surface area (Å²) in [7, 11) is 0. The summed E-state index contributed by atoms with van der Waals surface area (Å²) in [5.41, 5.74) is 11.1. The van der Waals surface area contributed by atoms with Crippen molar-refractivity contribution in [2.75, 3.05) is 0 Å². The molecule has 0 amide bonds. The van der Waals surface area contributed by atoms with Crippen LogP contribution in [0.1, 0.15) is 0 Å². The number of fused-ring (bicyclic) bond motifs is 13. The number of thiophene rings is 1. The summed E-state index contributed by atoms with van der Waals surface area (Å²) in [5, 5.41) is 14.0. The first-order chi connectivity index (χ1) is 26.8. The Hall–Kier alpha value is -6.88. The quantitative estimate of drug-likeness (QED) is 0.174. The molecule has 5 aromatic heterocycles. The average molecular weight is 704 g/mol. The van der Waals surface area contributed by atoms with Crippen molar-refractivity contribution in [3.8, 4) is 21.8 Å². The molecule has 0 saturated heterocycles. The normalized spacial score (nSPS) is 12.4. The van der Waals surface area contributed by atoms with Gasteiger partial charge in [0.1, 0.15) is 9.83 Å². The van der Waals surface area contributed by atoms with Crippen molar-refractivity contribution in [1.29, 1.82) is 0 Å². The molecule has 0 radical (unpaired) electrons. The Morgan fingerprint density at radius 1 is 0.370 bits per heavy atom. The van der Waals surface area contributed by atoms with E-state index in [0.29, 0.717) is 0 Å². The van der Waals surface area contributed by atoms with Crippen molar-refractivity contribution in [3.63, 3.8) is 0 Å². The molecule has 54 heavy (non-hydrogen) atoms. The van der Waals surface area contributed by atoms with E-state index in [4.69, 9.17) is 0 Å². The molecule has 0 atom stereocenters. The summed E-state index contributed by atoms with van der Waals surface area (Å²) in [6.45, 7) is 0. The second kappa shape index (κ2) is 10.4. The summed E-state index contributed by atoms with van der Waals surface area (Å²) >= 11 is 1.90. The molecule has 0 bridgehead atoms. The lowest BCUT2D eigenvalue weighted by Gasteiger charge is -2.13. The van der Waals surface area contributed by atoms with Crippen LogP contribution in [0.2, 0.25) is 0 Å². The highest BCUT2D eigenvalue weighted by Crippen LogP contribution is 2.49. The predicted octanol–water partition coefficient (Wildman–Crippen LogP) is 13.9. The highest BCUT2D eigenvalue weighted by molar-refractivity contribution is 7.21. The van der Waals surface area contributed by atoms with Crippen LogP contribution in [0.4, 0.5) is 0 Å².